The number of piperazine rings is 1. The van der Waals surface area contributed by atoms with Gasteiger partial charge in [0.05, 0.1) is 0 Å². The summed E-state index contributed by atoms with van der Waals surface area (Å²) < 4.78 is 0. The van der Waals surface area contributed by atoms with Crippen molar-refractivity contribution in [2.45, 2.75) is 65.1 Å². The Hall–Kier alpha value is -0.160. The molecule has 0 bridgehead atoms. The maximum atomic E-state index is 2.78. The van der Waals surface area contributed by atoms with Crippen molar-refractivity contribution in [3.63, 3.8) is 0 Å². The summed E-state index contributed by atoms with van der Waals surface area (Å²) in [5.41, 5.74) is 0. The van der Waals surface area contributed by atoms with E-state index in [4.69, 9.17) is 0 Å². The number of likely N-dealkylation sites (tertiary alicyclic amines) is 2. The van der Waals surface area contributed by atoms with Crippen LogP contribution >= 0.6 is 0 Å². The van der Waals surface area contributed by atoms with Crippen LogP contribution < -0.4 is 0 Å². The molecule has 4 heteroatoms. The number of rotatable bonds is 5. The largest absolute Gasteiger partial charge is 0.303 e. The van der Waals surface area contributed by atoms with Crippen molar-refractivity contribution in [3.8, 4) is 0 Å². The molecule has 4 nitrogen and oxygen atoms in total. The molecular weight excluding hydrogens is 296 g/mol. The van der Waals surface area contributed by atoms with Gasteiger partial charge in [0.25, 0.3) is 0 Å². The van der Waals surface area contributed by atoms with Crippen LogP contribution in [-0.2, 0) is 0 Å². The van der Waals surface area contributed by atoms with Crippen LogP contribution in [0.2, 0.25) is 0 Å². The quantitative estimate of drug-likeness (QED) is 0.763. The lowest BCUT2D eigenvalue weighted by Crippen LogP contribution is -2.54. The molecule has 0 radical (unpaired) electrons. The zero-order valence-electron chi connectivity index (χ0n) is 16.6. The Morgan fingerprint density at radius 2 is 1.33 bits per heavy atom. The molecule has 0 saturated carbocycles. The van der Waals surface area contributed by atoms with E-state index >= 15 is 0 Å². The number of piperidine rings is 1. The topological polar surface area (TPSA) is 13.0 Å². The molecule has 24 heavy (non-hydrogen) atoms. The maximum Gasteiger partial charge on any atom is 0.0121 e. The summed E-state index contributed by atoms with van der Waals surface area (Å²) in [7, 11) is 0. The lowest BCUT2D eigenvalue weighted by Gasteiger charge is -2.44. The first kappa shape index (κ1) is 18.6. The summed E-state index contributed by atoms with van der Waals surface area (Å²) in [6.45, 7) is 21.1. The number of hydrogen-bond donors (Lipinski definition) is 0. The molecule has 140 valence electrons. The van der Waals surface area contributed by atoms with E-state index in [0.717, 1.165) is 18.0 Å². The molecule has 0 N–H and O–H groups in total. The van der Waals surface area contributed by atoms with Gasteiger partial charge in [0.2, 0.25) is 0 Å². The van der Waals surface area contributed by atoms with Gasteiger partial charge in [0.15, 0.2) is 0 Å². The molecule has 1 unspecified atom stereocenters. The van der Waals surface area contributed by atoms with Gasteiger partial charge in [-0.3, -0.25) is 9.80 Å². The van der Waals surface area contributed by atoms with Gasteiger partial charge in [-0.25, -0.2) is 0 Å². The third-order valence-electron chi connectivity index (χ3n) is 6.72. The first-order valence-corrected chi connectivity index (χ1v) is 10.5. The zero-order valence-corrected chi connectivity index (χ0v) is 16.6. The summed E-state index contributed by atoms with van der Waals surface area (Å²) >= 11 is 0. The van der Waals surface area contributed by atoms with E-state index < -0.39 is 0 Å². The highest BCUT2D eigenvalue weighted by molar-refractivity contribution is 4.86. The lowest BCUT2D eigenvalue weighted by atomic mass is 10.00. The molecule has 0 aromatic rings. The molecule has 3 aliphatic heterocycles. The Morgan fingerprint density at radius 1 is 0.708 bits per heavy atom. The average molecular weight is 337 g/mol. The average Bonchev–Trinajstić information content (AvgIpc) is 3.04. The van der Waals surface area contributed by atoms with Crippen LogP contribution in [0.4, 0.5) is 0 Å². The van der Waals surface area contributed by atoms with Gasteiger partial charge in [0, 0.05) is 57.4 Å². The molecule has 0 spiro atoms. The molecule has 0 amide bonds. The van der Waals surface area contributed by atoms with Gasteiger partial charge < -0.3 is 9.80 Å². The number of nitrogens with zero attached hydrogens (tertiary/aromatic N) is 4. The summed E-state index contributed by atoms with van der Waals surface area (Å²) in [5.74, 6) is 0.915. The van der Waals surface area contributed by atoms with E-state index in [1.54, 1.807) is 0 Å². The normalized spacial score (nSPS) is 30.0. The van der Waals surface area contributed by atoms with Crippen molar-refractivity contribution in [1.29, 1.82) is 0 Å². The van der Waals surface area contributed by atoms with Gasteiger partial charge in [-0.05, 0) is 72.5 Å². The van der Waals surface area contributed by atoms with Crippen LogP contribution in [0.1, 0.15) is 47.0 Å². The summed E-state index contributed by atoms with van der Waals surface area (Å²) in [5, 5.41) is 0. The summed E-state index contributed by atoms with van der Waals surface area (Å²) in [4.78, 5) is 10.8. The molecule has 0 aliphatic carbocycles. The second kappa shape index (κ2) is 8.48. The third-order valence-corrected chi connectivity index (χ3v) is 6.72. The first-order chi connectivity index (χ1) is 11.5. The Labute approximate surface area is 150 Å². The Bertz CT molecular complexity index is 368. The summed E-state index contributed by atoms with van der Waals surface area (Å²) in [6, 6.07) is 2.29. The molecule has 0 aromatic carbocycles. The predicted molar refractivity (Wildman–Crippen MR) is 103 cm³/mol. The van der Waals surface area contributed by atoms with E-state index in [9.17, 15) is 0 Å². The zero-order chi connectivity index (χ0) is 17.1. The third kappa shape index (κ3) is 4.72. The fourth-order valence-corrected chi connectivity index (χ4v) is 4.93. The van der Waals surface area contributed by atoms with Crippen molar-refractivity contribution in [2.75, 3.05) is 58.9 Å². The minimum absolute atomic E-state index is 0.714. The Morgan fingerprint density at radius 3 is 1.88 bits per heavy atom. The van der Waals surface area contributed by atoms with E-state index in [-0.39, 0.29) is 0 Å². The molecular formula is C20H40N4. The van der Waals surface area contributed by atoms with Crippen molar-refractivity contribution in [3.05, 3.63) is 0 Å². The van der Waals surface area contributed by atoms with Crippen LogP contribution in [0.25, 0.3) is 0 Å². The Balaban J connectivity index is 1.36. The van der Waals surface area contributed by atoms with Crippen molar-refractivity contribution in [2.24, 2.45) is 5.92 Å². The van der Waals surface area contributed by atoms with Gasteiger partial charge in [-0.2, -0.15) is 0 Å². The van der Waals surface area contributed by atoms with Crippen LogP contribution in [0.3, 0.4) is 0 Å². The second-order valence-electron chi connectivity index (χ2n) is 8.94. The van der Waals surface area contributed by atoms with Crippen LogP contribution in [-0.4, -0.2) is 96.6 Å². The van der Waals surface area contributed by atoms with Crippen molar-refractivity contribution >= 4 is 0 Å². The lowest BCUT2D eigenvalue weighted by molar-refractivity contribution is 0.0456. The van der Waals surface area contributed by atoms with E-state index in [1.165, 1.54) is 78.2 Å². The Kier molecular flexibility index (Phi) is 6.58. The maximum absolute atomic E-state index is 2.78. The molecule has 3 rings (SSSR count). The van der Waals surface area contributed by atoms with E-state index in [2.05, 4.69) is 47.3 Å². The first-order valence-electron chi connectivity index (χ1n) is 10.5. The van der Waals surface area contributed by atoms with Gasteiger partial charge in [-0.15, -0.1) is 0 Å². The number of hydrogen-bond acceptors (Lipinski definition) is 4. The monoisotopic (exact) mass is 336 g/mol. The molecule has 3 saturated heterocycles. The minimum atomic E-state index is 0.714. The van der Waals surface area contributed by atoms with Crippen LogP contribution in [0, 0.1) is 5.92 Å². The van der Waals surface area contributed by atoms with Gasteiger partial charge >= 0.3 is 0 Å². The minimum Gasteiger partial charge on any atom is -0.303 e. The van der Waals surface area contributed by atoms with E-state index in [0.29, 0.717) is 6.04 Å². The molecule has 3 heterocycles. The molecule has 1 atom stereocenters. The highest BCUT2D eigenvalue weighted by atomic mass is 15.3. The predicted octanol–water partition coefficient (Wildman–Crippen LogP) is 2.21. The van der Waals surface area contributed by atoms with Gasteiger partial charge in [-0.1, -0.05) is 0 Å². The second-order valence-corrected chi connectivity index (χ2v) is 8.94. The van der Waals surface area contributed by atoms with Gasteiger partial charge in [0.1, 0.15) is 0 Å². The highest BCUT2D eigenvalue weighted by Crippen LogP contribution is 2.23. The van der Waals surface area contributed by atoms with Crippen LogP contribution in [0.15, 0.2) is 0 Å². The fourth-order valence-electron chi connectivity index (χ4n) is 4.93. The van der Waals surface area contributed by atoms with E-state index in [1.807, 2.05) is 0 Å². The molecule has 3 aliphatic rings. The van der Waals surface area contributed by atoms with Crippen LogP contribution in [0.5, 0.6) is 0 Å². The SMILES string of the molecule is CC(C)N1CCN(C2CCN(CC3CCN(C(C)C)C3)CC2)CC1. The molecule has 3 fully saturated rings. The smallest absolute Gasteiger partial charge is 0.0121 e. The standard InChI is InChI=1S/C20H40N4/c1-17(2)22-11-13-23(14-12-22)20-6-8-21(9-7-20)15-19-5-10-24(16-19)18(3)4/h17-20H,5-16H2,1-4H3. The van der Waals surface area contributed by atoms with Crippen molar-refractivity contribution in [1.82, 2.24) is 19.6 Å². The summed E-state index contributed by atoms with van der Waals surface area (Å²) in [6.07, 6.45) is 4.19. The molecule has 0 aromatic heterocycles. The fraction of sp³-hybridized carbons (Fsp3) is 1.00. The highest BCUT2D eigenvalue weighted by Gasteiger charge is 2.30. The van der Waals surface area contributed by atoms with Crippen molar-refractivity contribution < 1.29 is 0 Å².